The summed E-state index contributed by atoms with van der Waals surface area (Å²) in [6, 6.07) is 29.0. The van der Waals surface area contributed by atoms with Gasteiger partial charge in [0.2, 0.25) is 5.88 Å². The number of ether oxygens (including phenoxy) is 2. The van der Waals surface area contributed by atoms with E-state index in [1.165, 1.54) is 5.56 Å². The molecule has 1 heterocycles. The number of carbonyl (C=O) groups is 1. The Bertz CT molecular complexity index is 1640. The van der Waals surface area contributed by atoms with Gasteiger partial charge in [-0.1, -0.05) is 87.5 Å². The largest absolute Gasteiger partial charge is 0.493 e. The van der Waals surface area contributed by atoms with Gasteiger partial charge >= 0.3 is 5.91 Å². The molecule has 0 radical (unpaired) electrons. The maximum Gasteiger partial charge on any atom is 0.302 e. The summed E-state index contributed by atoms with van der Waals surface area (Å²) in [5.74, 6) is 0.732. The van der Waals surface area contributed by atoms with Crippen molar-refractivity contribution in [1.29, 1.82) is 0 Å². The number of nitrogens with zero attached hydrogens (tertiary/aromatic N) is 3. The third-order valence-corrected chi connectivity index (χ3v) is 6.58. The maximum atomic E-state index is 12.5. The standard InChI is InChI=1S/C32H31N3O4/c1-32(2,3)23-15-17-24(18-16-23)38-20-19-35-27-13-7-6-12-26(27)30(31(35)37)34-33-29(36)21-39-28-14-8-10-22-9-4-5-11-25(22)28/h4-18,37H,19-21H2,1-3H3. The zero-order valence-electron chi connectivity index (χ0n) is 22.3. The van der Waals surface area contributed by atoms with Gasteiger partial charge in [-0.2, -0.15) is 0 Å². The number of fused-ring (bicyclic) bond motifs is 2. The summed E-state index contributed by atoms with van der Waals surface area (Å²) in [4.78, 5) is 12.5. The highest BCUT2D eigenvalue weighted by molar-refractivity contribution is 5.95. The molecule has 0 saturated carbocycles. The van der Waals surface area contributed by atoms with Gasteiger partial charge in [0, 0.05) is 10.8 Å². The SMILES string of the molecule is CC(C)(C)c1ccc(OCCn2c(O)c(N=NC(=O)COc3cccc4ccccc34)c3ccccc32)cc1. The van der Waals surface area contributed by atoms with E-state index in [1.807, 2.05) is 78.9 Å². The van der Waals surface area contributed by atoms with E-state index in [9.17, 15) is 9.90 Å². The summed E-state index contributed by atoms with van der Waals surface area (Å²) in [5, 5.41) is 21.6. The van der Waals surface area contributed by atoms with Crippen LogP contribution in [-0.4, -0.2) is 28.8 Å². The quantitative estimate of drug-likeness (QED) is 0.213. The lowest BCUT2D eigenvalue weighted by Gasteiger charge is -2.19. The Labute approximate surface area is 227 Å². The van der Waals surface area contributed by atoms with Crippen molar-refractivity contribution in [3.8, 4) is 17.4 Å². The minimum atomic E-state index is -0.554. The lowest BCUT2D eigenvalue weighted by Crippen LogP contribution is -2.11. The molecule has 7 nitrogen and oxygen atoms in total. The number of azo groups is 1. The van der Waals surface area contributed by atoms with Gasteiger partial charge in [0.15, 0.2) is 12.3 Å². The number of benzene rings is 4. The highest BCUT2D eigenvalue weighted by atomic mass is 16.5. The zero-order valence-corrected chi connectivity index (χ0v) is 22.3. The number of amides is 1. The van der Waals surface area contributed by atoms with Crippen molar-refractivity contribution in [3.63, 3.8) is 0 Å². The fourth-order valence-electron chi connectivity index (χ4n) is 4.50. The monoisotopic (exact) mass is 521 g/mol. The van der Waals surface area contributed by atoms with E-state index < -0.39 is 5.91 Å². The topological polar surface area (TPSA) is 85.4 Å². The number of para-hydroxylation sites is 1. The highest BCUT2D eigenvalue weighted by Gasteiger charge is 2.17. The Balaban J connectivity index is 1.27. The smallest absolute Gasteiger partial charge is 0.302 e. The number of aromatic nitrogens is 1. The van der Waals surface area contributed by atoms with Crippen molar-refractivity contribution in [2.75, 3.05) is 13.2 Å². The molecule has 1 aromatic heterocycles. The van der Waals surface area contributed by atoms with Gasteiger partial charge in [0.1, 0.15) is 18.1 Å². The first-order valence-electron chi connectivity index (χ1n) is 12.9. The summed E-state index contributed by atoms with van der Waals surface area (Å²) < 4.78 is 13.4. The first kappa shape index (κ1) is 26.0. The van der Waals surface area contributed by atoms with E-state index in [4.69, 9.17) is 9.47 Å². The molecule has 0 aliphatic heterocycles. The Hall–Kier alpha value is -4.65. The molecule has 4 aromatic carbocycles. The third-order valence-electron chi connectivity index (χ3n) is 6.58. The van der Waals surface area contributed by atoms with Crippen LogP contribution in [0.3, 0.4) is 0 Å². The highest BCUT2D eigenvalue weighted by Crippen LogP contribution is 2.38. The number of rotatable bonds is 8. The molecule has 0 bridgehead atoms. The fraction of sp³-hybridized carbons (Fsp3) is 0.219. The van der Waals surface area contributed by atoms with Crippen LogP contribution >= 0.6 is 0 Å². The third kappa shape index (κ3) is 5.77. The van der Waals surface area contributed by atoms with E-state index >= 15 is 0 Å². The van der Waals surface area contributed by atoms with Crippen molar-refractivity contribution in [1.82, 2.24) is 4.57 Å². The average Bonchev–Trinajstić information content (AvgIpc) is 3.20. The van der Waals surface area contributed by atoms with E-state index in [1.54, 1.807) is 4.57 Å². The van der Waals surface area contributed by atoms with Crippen LogP contribution < -0.4 is 9.47 Å². The van der Waals surface area contributed by atoms with Crippen LogP contribution in [0, 0.1) is 0 Å². The van der Waals surface area contributed by atoms with Crippen molar-refractivity contribution in [2.24, 2.45) is 10.2 Å². The predicted molar refractivity (Wildman–Crippen MR) is 153 cm³/mol. The number of aromatic hydroxyl groups is 1. The number of hydrogen-bond donors (Lipinski definition) is 1. The number of carbonyl (C=O) groups excluding carboxylic acids is 1. The van der Waals surface area contributed by atoms with E-state index in [0.29, 0.717) is 24.3 Å². The Kier molecular flexibility index (Phi) is 7.32. The van der Waals surface area contributed by atoms with Crippen molar-refractivity contribution < 1.29 is 19.4 Å². The molecule has 7 heteroatoms. The summed E-state index contributed by atoms with van der Waals surface area (Å²) >= 11 is 0. The normalized spacial score (nSPS) is 11.9. The van der Waals surface area contributed by atoms with Crippen molar-refractivity contribution in [2.45, 2.75) is 32.7 Å². The second-order valence-corrected chi connectivity index (χ2v) is 10.3. The molecule has 1 amide bonds. The van der Waals surface area contributed by atoms with Crippen LogP contribution in [0.15, 0.2) is 101 Å². The predicted octanol–water partition coefficient (Wildman–Crippen LogP) is 7.57. The molecule has 0 aliphatic carbocycles. The zero-order chi connectivity index (χ0) is 27.4. The summed E-state index contributed by atoms with van der Waals surface area (Å²) in [5.41, 5.74) is 2.31. The molecule has 0 fully saturated rings. The van der Waals surface area contributed by atoms with E-state index in [-0.39, 0.29) is 23.6 Å². The summed E-state index contributed by atoms with van der Waals surface area (Å²) in [7, 11) is 0. The van der Waals surface area contributed by atoms with Crippen LogP contribution in [0.2, 0.25) is 0 Å². The van der Waals surface area contributed by atoms with Crippen LogP contribution in [0.5, 0.6) is 17.4 Å². The molecule has 0 unspecified atom stereocenters. The molecule has 5 aromatic rings. The molecule has 198 valence electrons. The lowest BCUT2D eigenvalue weighted by atomic mass is 9.87. The molecule has 5 rings (SSSR count). The first-order valence-corrected chi connectivity index (χ1v) is 12.9. The van der Waals surface area contributed by atoms with Crippen molar-refractivity contribution >= 4 is 33.3 Å². The Morgan fingerprint density at radius 3 is 2.31 bits per heavy atom. The second-order valence-electron chi connectivity index (χ2n) is 10.3. The average molecular weight is 522 g/mol. The molecule has 0 spiro atoms. The lowest BCUT2D eigenvalue weighted by molar-refractivity contribution is -0.120. The van der Waals surface area contributed by atoms with Gasteiger partial charge < -0.3 is 19.1 Å². The summed E-state index contributed by atoms with van der Waals surface area (Å²) in [6.45, 7) is 6.98. The van der Waals surface area contributed by atoms with E-state index in [0.717, 1.165) is 22.0 Å². The molecule has 0 atom stereocenters. The molecular formula is C32H31N3O4. The van der Waals surface area contributed by atoms with Crippen LogP contribution in [0.1, 0.15) is 26.3 Å². The molecule has 1 N–H and O–H groups in total. The van der Waals surface area contributed by atoms with Crippen LogP contribution in [-0.2, 0) is 16.8 Å². The maximum absolute atomic E-state index is 12.5. The molecule has 0 aliphatic rings. The van der Waals surface area contributed by atoms with Crippen molar-refractivity contribution in [3.05, 3.63) is 96.6 Å². The minimum Gasteiger partial charge on any atom is -0.493 e. The molecule has 39 heavy (non-hydrogen) atoms. The van der Waals surface area contributed by atoms with Gasteiger partial charge in [0.25, 0.3) is 0 Å². The van der Waals surface area contributed by atoms with Gasteiger partial charge in [-0.05, 0) is 40.6 Å². The fourth-order valence-corrected chi connectivity index (χ4v) is 4.50. The van der Waals surface area contributed by atoms with Crippen LogP contribution in [0.4, 0.5) is 5.69 Å². The van der Waals surface area contributed by atoms with E-state index in [2.05, 4.69) is 43.1 Å². The Morgan fingerprint density at radius 1 is 0.846 bits per heavy atom. The molecule has 0 saturated heterocycles. The number of hydrogen-bond acceptors (Lipinski definition) is 5. The first-order chi connectivity index (χ1) is 18.8. The van der Waals surface area contributed by atoms with Gasteiger partial charge in [0.05, 0.1) is 12.1 Å². The molecular weight excluding hydrogens is 490 g/mol. The minimum absolute atomic E-state index is 0.0722. The van der Waals surface area contributed by atoms with Gasteiger partial charge in [-0.25, -0.2) is 0 Å². The van der Waals surface area contributed by atoms with Gasteiger partial charge in [-0.3, -0.25) is 4.79 Å². The Morgan fingerprint density at radius 2 is 1.54 bits per heavy atom. The second kappa shape index (κ2) is 11.0. The van der Waals surface area contributed by atoms with Gasteiger partial charge in [-0.15, -0.1) is 10.2 Å². The van der Waals surface area contributed by atoms with Crippen LogP contribution in [0.25, 0.3) is 21.7 Å². The summed E-state index contributed by atoms with van der Waals surface area (Å²) in [6.07, 6.45) is 0.